The smallest absolute Gasteiger partial charge is 0.138 e. The third-order valence-corrected chi connectivity index (χ3v) is 9.46. The molecular weight excluding hydrogens is 528 g/mol. The monoisotopic (exact) mass is 564 g/mol. The average Bonchev–Trinajstić information content (AvgIpc) is 3.37. The van der Waals surface area contributed by atoms with Crippen molar-refractivity contribution in [2.45, 2.75) is 63.1 Å². The summed E-state index contributed by atoms with van der Waals surface area (Å²) in [6, 6.07) is 14.1. The van der Waals surface area contributed by atoms with Gasteiger partial charge in [-0.15, -0.1) is 0 Å². The number of piperidine rings is 1. The maximum Gasteiger partial charge on any atom is 0.138 e. The Labute approximate surface area is 245 Å². The molecule has 2 saturated carbocycles. The van der Waals surface area contributed by atoms with Gasteiger partial charge >= 0.3 is 0 Å². The van der Waals surface area contributed by atoms with Crippen LogP contribution in [0.5, 0.6) is 5.75 Å². The summed E-state index contributed by atoms with van der Waals surface area (Å²) in [5, 5.41) is 35.5. The summed E-state index contributed by atoms with van der Waals surface area (Å²) in [5.41, 5.74) is 2.94. The van der Waals surface area contributed by atoms with Gasteiger partial charge < -0.3 is 19.8 Å². The summed E-state index contributed by atoms with van der Waals surface area (Å²) in [7, 11) is 0. The van der Waals surface area contributed by atoms with E-state index in [1.807, 2.05) is 55.7 Å². The van der Waals surface area contributed by atoms with Gasteiger partial charge in [-0.3, -0.25) is 4.98 Å². The predicted molar refractivity (Wildman–Crippen MR) is 158 cm³/mol. The van der Waals surface area contributed by atoms with E-state index in [9.17, 15) is 15.5 Å². The molecule has 0 unspecified atom stereocenters. The van der Waals surface area contributed by atoms with E-state index < -0.39 is 11.2 Å². The number of nitrogens with zero attached hydrogens (tertiary/aromatic N) is 6. The molecule has 42 heavy (non-hydrogen) atoms. The van der Waals surface area contributed by atoms with Gasteiger partial charge in [-0.1, -0.05) is 6.07 Å². The molecule has 1 saturated heterocycles. The lowest BCUT2D eigenvalue weighted by Gasteiger charge is -2.60. The maximum absolute atomic E-state index is 11.2. The molecule has 1 aliphatic heterocycles. The van der Waals surface area contributed by atoms with E-state index >= 15 is 0 Å². The molecule has 5 heterocycles. The highest BCUT2D eigenvalue weighted by Gasteiger charge is 2.57. The van der Waals surface area contributed by atoms with E-state index in [4.69, 9.17) is 9.72 Å². The molecule has 0 bridgehead atoms. The van der Waals surface area contributed by atoms with Crippen molar-refractivity contribution in [3.8, 4) is 22.9 Å². The molecule has 216 valence electrons. The van der Waals surface area contributed by atoms with Crippen molar-refractivity contribution in [1.82, 2.24) is 19.6 Å². The fourth-order valence-corrected chi connectivity index (χ4v) is 7.73. The first kappa shape index (κ1) is 26.9. The summed E-state index contributed by atoms with van der Waals surface area (Å²) in [6.07, 6.45) is 12.9. The first-order valence-electron chi connectivity index (χ1n) is 14.8. The second-order valence-corrected chi connectivity index (χ2v) is 13.1. The number of aromatic nitrogens is 4. The SMILES string of the molecule is CC1(O)CC2(CC(COc3cc(-c4ccc(N5CCC(O)(Cc6ccccn6)CC5)nc4)c4c(C#N)cnn4c3)C2)C1. The molecule has 2 aliphatic carbocycles. The topological polar surface area (TPSA) is 120 Å². The molecule has 0 atom stereocenters. The molecule has 4 aromatic heterocycles. The van der Waals surface area contributed by atoms with Crippen LogP contribution in [0.25, 0.3) is 16.6 Å². The van der Waals surface area contributed by atoms with Gasteiger partial charge in [0.25, 0.3) is 0 Å². The van der Waals surface area contributed by atoms with E-state index in [0.717, 1.165) is 53.8 Å². The van der Waals surface area contributed by atoms with Gasteiger partial charge in [-0.2, -0.15) is 10.4 Å². The van der Waals surface area contributed by atoms with Crippen molar-refractivity contribution in [1.29, 1.82) is 5.26 Å². The quantitative estimate of drug-likeness (QED) is 0.335. The van der Waals surface area contributed by atoms with Gasteiger partial charge in [0.05, 0.1) is 41.3 Å². The fourth-order valence-electron chi connectivity index (χ4n) is 7.73. The number of nitriles is 1. The maximum atomic E-state index is 11.2. The molecule has 7 rings (SSSR count). The van der Waals surface area contributed by atoms with Gasteiger partial charge in [0.2, 0.25) is 0 Å². The average molecular weight is 565 g/mol. The van der Waals surface area contributed by atoms with Crippen molar-refractivity contribution in [2.24, 2.45) is 11.3 Å². The number of pyridine rings is 3. The van der Waals surface area contributed by atoms with Crippen LogP contribution >= 0.6 is 0 Å². The summed E-state index contributed by atoms with van der Waals surface area (Å²) >= 11 is 0. The minimum absolute atomic E-state index is 0.315. The molecule has 9 heteroatoms. The highest BCUT2D eigenvalue weighted by atomic mass is 16.5. The van der Waals surface area contributed by atoms with Crippen molar-refractivity contribution < 1.29 is 14.9 Å². The van der Waals surface area contributed by atoms with E-state index in [1.54, 1.807) is 16.9 Å². The highest BCUT2D eigenvalue weighted by molar-refractivity contribution is 5.85. The van der Waals surface area contributed by atoms with Crippen molar-refractivity contribution in [2.75, 3.05) is 24.6 Å². The third-order valence-electron chi connectivity index (χ3n) is 9.46. The Bertz CT molecular complexity index is 1620. The van der Waals surface area contributed by atoms with Gasteiger partial charge in [-0.25, -0.2) is 9.50 Å². The Hall–Kier alpha value is -4.00. The summed E-state index contributed by atoms with van der Waals surface area (Å²) in [6.45, 7) is 3.98. The first-order chi connectivity index (χ1) is 20.2. The van der Waals surface area contributed by atoms with Crippen LogP contribution in [0.1, 0.15) is 56.7 Å². The van der Waals surface area contributed by atoms with Crippen LogP contribution < -0.4 is 9.64 Å². The number of ether oxygens (including phenoxy) is 1. The Balaban J connectivity index is 1.05. The molecular formula is C33H36N6O3. The lowest BCUT2D eigenvalue weighted by molar-refractivity contribution is -0.174. The zero-order chi connectivity index (χ0) is 29.0. The standard InChI is InChI=1S/C33H36N6O3/c1-31(40)21-32(22-31)13-23(14-32)20-42-27-12-28(30-25(16-34)18-37-39(30)19-27)24-5-6-29(36-17-24)38-10-7-33(41,8-11-38)15-26-4-2-3-9-35-26/h2-6,9,12,17-19,23,40-41H,7-8,10-11,13-15,20-22H2,1H3. The minimum Gasteiger partial charge on any atom is -0.492 e. The Morgan fingerprint density at radius 3 is 2.55 bits per heavy atom. The zero-order valence-corrected chi connectivity index (χ0v) is 23.9. The Kier molecular flexibility index (Phi) is 6.44. The van der Waals surface area contributed by atoms with Crippen LogP contribution in [0.3, 0.4) is 0 Å². The molecule has 3 fully saturated rings. The normalized spacial score (nSPS) is 26.4. The molecule has 0 radical (unpaired) electrons. The van der Waals surface area contributed by atoms with E-state index in [-0.39, 0.29) is 0 Å². The van der Waals surface area contributed by atoms with Gasteiger partial charge in [0.1, 0.15) is 17.6 Å². The molecule has 1 spiro atoms. The second-order valence-electron chi connectivity index (χ2n) is 13.1. The zero-order valence-electron chi connectivity index (χ0n) is 23.9. The lowest BCUT2D eigenvalue weighted by Crippen LogP contribution is -2.57. The molecule has 4 aromatic rings. The molecule has 0 aromatic carbocycles. The largest absolute Gasteiger partial charge is 0.492 e. The second kappa shape index (κ2) is 10.1. The molecule has 3 aliphatic rings. The summed E-state index contributed by atoms with van der Waals surface area (Å²) in [5.74, 6) is 2.06. The Morgan fingerprint density at radius 1 is 1.07 bits per heavy atom. The number of fused-ring (bicyclic) bond motifs is 1. The van der Waals surface area contributed by atoms with Crippen molar-refractivity contribution >= 4 is 11.3 Å². The fraction of sp³-hybridized carbons (Fsp3) is 0.455. The number of hydrogen-bond donors (Lipinski definition) is 2. The van der Waals surface area contributed by atoms with E-state index in [1.165, 1.54) is 0 Å². The molecule has 0 amide bonds. The number of anilines is 1. The predicted octanol–water partition coefficient (Wildman–Crippen LogP) is 4.56. The van der Waals surface area contributed by atoms with E-state index in [2.05, 4.69) is 21.1 Å². The van der Waals surface area contributed by atoms with Crippen LogP contribution in [0.2, 0.25) is 0 Å². The van der Waals surface area contributed by atoms with Crippen molar-refractivity contribution in [3.05, 3.63) is 72.4 Å². The van der Waals surface area contributed by atoms with E-state index in [0.29, 0.717) is 61.6 Å². The van der Waals surface area contributed by atoms with Gasteiger partial charge in [0.15, 0.2) is 0 Å². The van der Waals surface area contributed by atoms with Gasteiger partial charge in [-0.05, 0) is 87.1 Å². The lowest BCUT2D eigenvalue weighted by atomic mass is 9.47. The minimum atomic E-state index is -0.760. The van der Waals surface area contributed by atoms with Crippen molar-refractivity contribution in [3.63, 3.8) is 0 Å². The number of hydrogen-bond acceptors (Lipinski definition) is 8. The highest BCUT2D eigenvalue weighted by Crippen LogP contribution is 2.62. The Morgan fingerprint density at radius 2 is 1.88 bits per heavy atom. The first-order valence-corrected chi connectivity index (χ1v) is 14.8. The molecule has 9 nitrogen and oxygen atoms in total. The van der Waals surface area contributed by atoms with Crippen LogP contribution in [0.15, 0.2) is 61.2 Å². The van der Waals surface area contributed by atoms with Crippen LogP contribution in [0, 0.1) is 22.7 Å². The summed E-state index contributed by atoms with van der Waals surface area (Å²) in [4.78, 5) is 11.4. The molecule has 2 N–H and O–H groups in total. The summed E-state index contributed by atoms with van der Waals surface area (Å²) < 4.78 is 7.97. The van der Waals surface area contributed by atoms with Crippen LogP contribution in [-0.2, 0) is 6.42 Å². The number of rotatable bonds is 7. The van der Waals surface area contributed by atoms with Crippen LogP contribution in [-0.4, -0.2) is 60.7 Å². The third kappa shape index (κ3) is 5.10. The number of aliphatic hydroxyl groups is 2. The van der Waals surface area contributed by atoms with Crippen LogP contribution in [0.4, 0.5) is 5.82 Å². The van der Waals surface area contributed by atoms with Gasteiger partial charge in [0, 0.05) is 48.7 Å².